The molecule has 0 spiro atoms. The lowest BCUT2D eigenvalue weighted by molar-refractivity contribution is 0.669. The fraction of sp³-hybridized carbons (Fsp3) is 0. The van der Waals surface area contributed by atoms with Gasteiger partial charge in [0.2, 0.25) is 0 Å². The van der Waals surface area contributed by atoms with Crippen LogP contribution in [0.15, 0.2) is 180 Å². The van der Waals surface area contributed by atoms with E-state index < -0.39 is 0 Å². The van der Waals surface area contributed by atoms with Crippen molar-refractivity contribution in [2.45, 2.75) is 0 Å². The summed E-state index contributed by atoms with van der Waals surface area (Å²) in [5.74, 6) is 0. The average molecular weight is 644 g/mol. The van der Waals surface area contributed by atoms with E-state index in [9.17, 15) is 0 Å². The first kappa shape index (κ1) is 27.9. The van der Waals surface area contributed by atoms with Gasteiger partial charge in [0.25, 0.3) is 0 Å². The van der Waals surface area contributed by atoms with Crippen LogP contribution in [-0.2, 0) is 0 Å². The number of hydrogen-bond donors (Lipinski definition) is 0. The lowest BCUT2D eigenvalue weighted by Crippen LogP contribution is -2.10. The third-order valence-electron chi connectivity index (χ3n) is 9.66. The maximum atomic E-state index is 6.23. The average Bonchev–Trinajstić information content (AvgIpc) is 3.75. The molecule has 0 N–H and O–H groups in total. The van der Waals surface area contributed by atoms with Crippen molar-refractivity contribution >= 4 is 81.3 Å². The van der Waals surface area contributed by atoms with Crippen LogP contribution in [0.2, 0.25) is 0 Å². The molecule has 10 aromatic rings. The van der Waals surface area contributed by atoms with Crippen LogP contribution < -0.4 is 4.90 Å². The Kier molecular flexibility index (Phi) is 6.39. The number of furan rings is 1. The van der Waals surface area contributed by atoms with Gasteiger partial charge in [-0.15, -0.1) is 11.3 Å². The van der Waals surface area contributed by atoms with Crippen molar-refractivity contribution in [3.05, 3.63) is 176 Å². The first-order valence-corrected chi connectivity index (χ1v) is 17.4. The number of fused-ring (bicyclic) bond motifs is 8. The van der Waals surface area contributed by atoms with Crippen molar-refractivity contribution in [1.29, 1.82) is 0 Å². The van der Waals surface area contributed by atoms with Crippen molar-refractivity contribution < 1.29 is 4.42 Å². The van der Waals surface area contributed by atoms with Crippen LogP contribution in [0, 0.1) is 0 Å². The molecule has 0 aliphatic heterocycles. The van der Waals surface area contributed by atoms with Gasteiger partial charge in [0.15, 0.2) is 0 Å². The number of benzene rings is 8. The first-order chi connectivity index (χ1) is 24.3. The highest BCUT2D eigenvalue weighted by molar-refractivity contribution is 7.26. The molecule has 3 heteroatoms. The van der Waals surface area contributed by atoms with Gasteiger partial charge in [-0.2, -0.15) is 0 Å². The third kappa shape index (κ3) is 4.55. The first-order valence-electron chi connectivity index (χ1n) is 16.6. The summed E-state index contributed by atoms with van der Waals surface area (Å²) in [6.07, 6.45) is 0. The normalized spacial score (nSPS) is 11.7. The molecule has 2 aromatic heterocycles. The minimum Gasteiger partial charge on any atom is -0.456 e. The SMILES string of the molecule is c1ccc(-c2ccc(N(c3ccc(-c4cccc5oc6ccccc6c45)cc3)c3cc4ccccc4c4c3sc3ccccc34)cc2)cc1. The smallest absolute Gasteiger partial charge is 0.136 e. The Labute approximate surface area is 287 Å². The topological polar surface area (TPSA) is 16.4 Å². The highest BCUT2D eigenvalue weighted by atomic mass is 32.1. The molecule has 2 heterocycles. The van der Waals surface area contributed by atoms with E-state index in [1.807, 2.05) is 23.5 Å². The molecule has 0 aliphatic carbocycles. The van der Waals surface area contributed by atoms with Gasteiger partial charge in [-0.05, 0) is 81.6 Å². The summed E-state index contributed by atoms with van der Waals surface area (Å²) in [4.78, 5) is 2.43. The highest BCUT2D eigenvalue weighted by Gasteiger charge is 2.21. The molecule has 0 unspecified atom stereocenters. The Bertz CT molecular complexity index is 2810. The van der Waals surface area contributed by atoms with Crippen molar-refractivity contribution in [3.8, 4) is 22.3 Å². The van der Waals surface area contributed by atoms with E-state index in [1.54, 1.807) is 0 Å². The molecule has 230 valence electrons. The molecule has 0 saturated heterocycles. The zero-order valence-electron chi connectivity index (χ0n) is 26.5. The quantitative estimate of drug-likeness (QED) is 0.186. The summed E-state index contributed by atoms with van der Waals surface area (Å²) in [6, 6.07) is 63.2. The van der Waals surface area contributed by atoms with Crippen molar-refractivity contribution in [1.82, 2.24) is 0 Å². The van der Waals surface area contributed by atoms with E-state index in [0.29, 0.717) is 0 Å². The lowest BCUT2D eigenvalue weighted by Gasteiger charge is -2.27. The summed E-state index contributed by atoms with van der Waals surface area (Å²) in [7, 11) is 0. The van der Waals surface area contributed by atoms with Crippen LogP contribution in [0.3, 0.4) is 0 Å². The Morgan fingerprint density at radius 3 is 1.84 bits per heavy atom. The molecule has 0 radical (unpaired) electrons. The van der Waals surface area contributed by atoms with Gasteiger partial charge < -0.3 is 9.32 Å². The summed E-state index contributed by atoms with van der Waals surface area (Å²) in [6.45, 7) is 0. The van der Waals surface area contributed by atoms with Gasteiger partial charge in [-0.25, -0.2) is 0 Å². The van der Waals surface area contributed by atoms with E-state index in [-0.39, 0.29) is 0 Å². The minimum atomic E-state index is 0.909. The molecule has 0 atom stereocenters. The van der Waals surface area contributed by atoms with E-state index in [1.165, 1.54) is 53.3 Å². The van der Waals surface area contributed by atoms with Gasteiger partial charge in [0.05, 0.1) is 10.4 Å². The summed E-state index contributed by atoms with van der Waals surface area (Å²) in [5, 5.41) is 7.43. The molecule has 8 aromatic carbocycles. The molecule has 0 aliphatic rings. The van der Waals surface area contributed by atoms with Crippen LogP contribution in [-0.4, -0.2) is 0 Å². The van der Waals surface area contributed by atoms with Crippen LogP contribution in [0.25, 0.3) is 75.1 Å². The van der Waals surface area contributed by atoms with E-state index in [4.69, 9.17) is 4.42 Å². The molecule has 49 heavy (non-hydrogen) atoms. The second-order valence-electron chi connectivity index (χ2n) is 12.5. The van der Waals surface area contributed by atoms with Crippen LogP contribution >= 0.6 is 11.3 Å². The second kappa shape index (κ2) is 11.2. The maximum Gasteiger partial charge on any atom is 0.136 e. The predicted molar refractivity (Wildman–Crippen MR) is 210 cm³/mol. The lowest BCUT2D eigenvalue weighted by atomic mass is 9.98. The van der Waals surface area contributed by atoms with E-state index >= 15 is 0 Å². The van der Waals surface area contributed by atoms with E-state index in [0.717, 1.165) is 38.9 Å². The number of para-hydroxylation sites is 1. The van der Waals surface area contributed by atoms with Crippen molar-refractivity contribution in [2.75, 3.05) is 4.90 Å². The Morgan fingerprint density at radius 2 is 1.04 bits per heavy atom. The van der Waals surface area contributed by atoms with E-state index in [2.05, 4.69) is 169 Å². The predicted octanol–water partition coefficient (Wildman–Crippen LogP) is 13.9. The molecule has 10 rings (SSSR count). The van der Waals surface area contributed by atoms with Gasteiger partial charge in [-0.1, -0.05) is 127 Å². The number of nitrogens with zero attached hydrogens (tertiary/aromatic N) is 1. The molecular weight excluding hydrogens is 615 g/mol. The van der Waals surface area contributed by atoms with Crippen LogP contribution in [0.5, 0.6) is 0 Å². The molecule has 0 fully saturated rings. The number of anilines is 3. The maximum absolute atomic E-state index is 6.23. The fourth-order valence-electron chi connectivity index (χ4n) is 7.39. The highest BCUT2D eigenvalue weighted by Crippen LogP contribution is 2.48. The van der Waals surface area contributed by atoms with Gasteiger partial charge in [-0.3, -0.25) is 0 Å². The zero-order chi connectivity index (χ0) is 32.3. The molecule has 0 bridgehead atoms. The van der Waals surface area contributed by atoms with Gasteiger partial charge in [0, 0.05) is 37.6 Å². The minimum absolute atomic E-state index is 0.909. The summed E-state index contributed by atoms with van der Waals surface area (Å²) < 4.78 is 8.81. The molecular formula is C46H29NOS. The number of rotatable bonds is 5. The Balaban J connectivity index is 1.19. The van der Waals surface area contributed by atoms with Gasteiger partial charge >= 0.3 is 0 Å². The summed E-state index contributed by atoms with van der Waals surface area (Å²) in [5.41, 5.74) is 9.96. The zero-order valence-corrected chi connectivity index (χ0v) is 27.3. The van der Waals surface area contributed by atoms with Gasteiger partial charge in [0.1, 0.15) is 11.2 Å². The second-order valence-corrected chi connectivity index (χ2v) is 13.5. The standard InChI is InChI=1S/C46H29NOS/c1-2-11-30(12-3-1)31-21-25-34(26-22-31)47(40-29-33-13-4-5-14-37(33)45-39-16-7-9-20-43(39)49-46(40)45)35-27-23-32(24-28-35)36-17-10-19-42-44(36)38-15-6-8-18-41(38)48-42/h1-29H. The van der Waals surface area contributed by atoms with Crippen LogP contribution in [0.4, 0.5) is 17.1 Å². The Hall–Kier alpha value is -6.16. The number of hydrogen-bond acceptors (Lipinski definition) is 3. The van der Waals surface area contributed by atoms with Crippen LogP contribution in [0.1, 0.15) is 0 Å². The molecule has 0 saturated carbocycles. The third-order valence-corrected chi connectivity index (χ3v) is 10.9. The molecule has 2 nitrogen and oxygen atoms in total. The van der Waals surface area contributed by atoms with Crippen molar-refractivity contribution in [3.63, 3.8) is 0 Å². The fourth-order valence-corrected chi connectivity index (χ4v) is 8.61. The molecule has 0 amide bonds. The number of thiophene rings is 1. The largest absolute Gasteiger partial charge is 0.456 e. The summed E-state index contributed by atoms with van der Waals surface area (Å²) >= 11 is 1.87. The monoisotopic (exact) mass is 643 g/mol. The van der Waals surface area contributed by atoms with Crippen molar-refractivity contribution in [2.24, 2.45) is 0 Å². The Morgan fingerprint density at radius 1 is 0.429 bits per heavy atom.